The van der Waals surface area contributed by atoms with Crippen molar-refractivity contribution >= 4 is 17.7 Å². The number of benzene rings is 2. The zero-order chi connectivity index (χ0) is 21.4. The van der Waals surface area contributed by atoms with Crippen LogP contribution in [-0.2, 0) is 11.2 Å². The Kier molecular flexibility index (Phi) is 4.70. The molecule has 31 heavy (non-hydrogen) atoms. The van der Waals surface area contributed by atoms with Crippen molar-refractivity contribution in [3.05, 3.63) is 71.3 Å². The predicted octanol–water partition coefficient (Wildman–Crippen LogP) is 3.10. The van der Waals surface area contributed by atoms with Gasteiger partial charge in [0.15, 0.2) is 11.5 Å². The molecule has 9 heteroatoms. The van der Waals surface area contributed by atoms with Gasteiger partial charge in [0, 0.05) is 24.3 Å². The van der Waals surface area contributed by atoms with Gasteiger partial charge < -0.3 is 29.4 Å². The van der Waals surface area contributed by atoms with Crippen LogP contribution in [-0.4, -0.2) is 47.3 Å². The molecule has 3 aromatic rings. The van der Waals surface area contributed by atoms with Crippen molar-refractivity contribution in [1.82, 2.24) is 14.9 Å². The first-order valence-corrected chi connectivity index (χ1v) is 9.82. The third kappa shape index (κ3) is 3.43. The van der Waals surface area contributed by atoms with Crippen LogP contribution >= 0.6 is 0 Å². The average molecular weight is 420 g/mol. The van der Waals surface area contributed by atoms with Gasteiger partial charge in [-0.2, -0.15) is 0 Å². The molecule has 2 aliphatic rings. The van der Waals surface area contributed by atoms with Crippen LogP contribution in [0.4, 0.5) is 10.5 Å². The van der Waals surface area contributed by atoms with Gasteiger partial charge in [0.1, 0.15) is 6.04 Å². The summed E-state index contributed by atoms with van der Waals surface area (Å²) in [5.74, 6) is 0.859. The molecule has 0 bridgehead atoms. The Morgan fingerprint density at radius 1 is 1.19 bits per heavy atom. The molecule has 1 unspecified atom stereocenters. The van der Waals surface area contributed by atoms with E-state index in [0.29, 0.717) is 35.7 Å². The Bertz CT molecular complexity index is 1160. The van der Waals surface area contributed by atoms with E-state index in [1.165, 1.54) is 7.11 Å². The van der Waals surface area contributed by atoms with Crippen molar-refractivity contribution in [2.24, 2.45) is 0 Å². The Balaban J connectivity index is 1.46. The Labute approximate surface area is 177 Å². The molecule has 0 saturated heterocycles. The van der Waals surface area contributed by atoms with Gasteiger partial charge in [-0.1, -0.05) is 12.1 Å². The largest absolute Gasteiger partial charge is 0.465 e. The lowest BCUT2D eigenvalue weighted by molar-refractivity contribution is 0.0600. The summed E-state index contributed by atoms with van der Waals surface area (Å²) in [5.41, 5.74) is 3.53. The molecule has 2 N–H and O–H groups in total. The highest BCUT2D eigenvalue weighted by molar-refractivity contribution is 5.94. The second-order valence-electron chi connectivity index (χ2n) is 7.23. The van der Waals surface area contributed by atoms with E-state index in [-0.39, 0.29) is 12.8 Å². The van der Waals surface area contributed by atoms with Crippen LogP contribution in [0.15, 0.2) is 48.8 Å². The summed E-state index contributed by atoms with van der Waals surface area (Å²) < 4.78 is 15.7. The van der Waals surface area contributed by atoms with Gasteiger partial charge in [-0.05, 0) is 35.9 Å². The van der Waals surface area contributed by atoms with Crippen molar-refractivity contribution < 1.29 is 23.8 Å². The molecular formula is C22H20N4O5. The summed E-state index contributed by atoms with van der Waals surface area (Å²) in [6, 6.07) is 11.6. The number of H-pyrrole nitrogens is 1. The first-order valence-electron chi connectivity index (χ1n) is 9.82. The summed E-state index contributed by atoms with van der Waals surface area (Å²) in [6.45, 7) is 0.675. The highest BCUT2D eigenvalue weighted by Crippen LogP contribution is 2.39. The van der Waals surface area contributed by atoms with Crippen molar-refractivity contribution in [2.45, 2.75) is 12.5 Å². The van der Waals surface area contributed by atoms with Gasteiger partial charge in [0.05, 0.1) is 24.7 Å². The van der Waals surface area contributed by atoms with Crippen LogP contribution in [0.2, 0.25) is 0 Å². The van der Waals surface area contributed by atoms with Crippen LogP contribution in [0.25, 0.3) is 0 Å². The minimum absolute atomic E-state index is 0.178. The van der Waals surface area contributed by atoms with Crippen molar-refractivity contribution in [3.8, 4) is 11.5 Å². The minimum Gasteiger partial charge on any atom is -0.465 e. The Hall–Kier alpha value is -4.01. The van der Waals surface area contributed by atoms with Crippen LogP contribution in [0.3, 0.4) is 0 Å². The highest BCUT2D eigenvalue weighted by Gasteiger charge is 2.35. The molecule has 5 rings (SSSR count). The molecule has 2 aliphatic heterocycles. The summed E-state index contributed by atoms with van der Waals surface area (Å²) in [7, 11) is 1.32. The highest BCUT2D eigenvalue weighted by atomic mass is 16.7. The predicted molar refractivity (Wildman–Crippen MR) is 110 cm³/mol. The third-order valence-corrected chi connectivity index (χ3v) is 5.43. The van der Waals surface area contributed by atoms with E-state index in [1.807, 2.05) is 18.2 Å². The van der Waals surface area contributed by atoms with E-state index < -0.39 is 12.0 Å². The van der Waals surface area contributed by atoms with Gasteiger partial charge in [-0.3, -0.25) is 0 Å². The van der Waals surface area contributed by atoms with Crippen molar-refractivity contribution in [1.29, 1.82) is 0 Å². The van der Waals surface area contributed by atoms with E-state index in [9.17, 15) is 9.59 Å². The fourth-order valence-corrected chi connectivity index (χ4v) is 3.95. The first kappa shape index (κ1) is 19.0. The SMILES string of the molecule is COC(=O)c1cccc(NC(=O)N2CCc3[nH]cnc3C2c2ccc3c(c2)OCO3)c1. The number of carbonyl (C=O) groups is 2. The number of anilines is 1. The van der Waals surface area contributed by atoms with Gasteiger partial charge in [-0.25, -0.2) is 14.6 Å². The molecule has 3 heterocycles. The number of esters is 1. The van der Waals surface area contributed by atoms with E-state index in [4.69, 9.17) is 14.2 Å². The second kappa shape index (κ2) is 7.67. The number of nitrogens with zero attached hydrogens (tertiary/aromatic N) is 2. The summed E-state index contributed by atoms with van der Waals surface area (Å²) in [4.78, 5) is 34.5. The topological polar surface area (TPSA) is 106 Å². The Morgan fingerprint density at radius 3 is 2.94 bits per heavy atom. The molecule has 0 saturated carbocycles. The van der Waals surface area contributed by atoms with Crippen molar-refractivity contribution in [3.63, 3.8) is 0 Å². The number of fused-ring (bicyclic) bond motifs is 2. The third-order valence-electron chi connectivity index (χ3n) is 5.43. The van der Waals surface area contributed by atoms with Gasteiger partial charge >= 0.3 is 12.0 Å². The molecule has 0 aliphatic carbocycles. The number of carbonyl (C=O) groups excluding carboxylic acids is 2. The number of urea groups is 1. The van der Waals surface area contributed by atoms with Crippen LogP contribution in [0.1, 0.15) is 33.4 Å². The number of rotatable bonds is 3. The normalized spacial score (nSPS) is 16.5. The quantitative estimate of drug-likeness (QED) is 0.631. The molecule has 1 atom stereocenters. The first-order chi connectivity index (χ1) is 15.1. The van der Waals surface area contributed by atoms with E-state index >= 15 is 0 Å². The Morgan fingerprint density at radius 2 is 2.06 bits per heavy atom. The number of imidazole rings is 1. The molecule has 1 aromatic heterocycles. The zero-order valence-corrected chi connectivity index (χ0v) is 16.8. The number of ether oxygens (including phenoxy) is 3. The maximum absolute atomic E-state index is 13.3. The number of hydrogen-bond acceptors (Lipinski definition) is 6. The number of hydrogen-bond donors (Lipinski definition) is 2. The smallest absolute Gasteiger partial charge is 0.337 e. The molecular weight excluding hydrogens is 400 g/mol. The second-order valence-corrected chi connectivity index (χ2v) is 7.23. The van der Waals surface area contributed by atoms with E-state index in [0.717, 1.165) is 17.0 Å². The molecule has 2 amide bonds. The molecule has 158 valence electrons. The lowest BCUT2D eigenvalue weighted by Gasteiger charge is -2.35. The monoisotopic (exact) mass is 420 g/mol. The molecule has 0 spiro atoms. The van der Waals surface area contributed by atoms with Crippen LogP contribution < -0.4 is 14.8 Å². The number of nitrogens with one attached hydrogen (secondary N) is 2. The fraction of sp³-hybridized carbons (Fsp3) is 0.227. The summed E-state index contributed by atoms with van der Waals surface area (Å²) >= 11 is 0. The van der Waals surface area contributed by atoms with Gasteiger partial charge in [-0.15, -0.1) is 0 Å². The van der Waals surface area contributed by atoms with Crippen LogP contribution in [0, 0.1) is 0 Å². The molecule has 2 aromatic carbocycles. The number of aromatic amines is 1. The number of amides is 2. The molecule has 0 radical (unpaired) electrons. The number of methoxy groups -OCH3 is 1. The maximum Gasteiger partial charge on any atom is 0.337 e. The summed E-state index contributed by atoms with van der Waals surface area (Å²) in [6.07, 6.45) is 2.30. The molecule has 9 nitrogen and oxygen atoms in total. The molecule has 0 fully saturated rings. The zero-order valence-electron chi connectivity index (χ0n) is 16.8. The lowest BCUT2D eigenvalue weighted by atomic mass is 9.95. The van der Waals surface area contributed by atoms with E-state index in [2.05, 4.69) is 15.3 Å². The maximum atomic E-state index is 13.3. The van der Waals surface area contributed by atoms with E-state index in [1.54, 1.807) is 35.5 Å². The lowest BCUT2D eigenvalue weighted by Crippen LogP contribution is -2.43. The standard InChI is InChI=1S/C22H20N4O5/c1-29-21(27)14-3-2-4-15(9-14)25-22(28)26-8-7-16-19(24-11-23-16)20(26)13-5-6-17-18(10-13)31-12-30-17/h2-6,9-11,20H,7-8,12H2,1H3,(H,23,24)(H,25,28). The number of aromatic nitrogens is 2. The average Bonchev–Trinajstić information content (AvgIpc) is 3.46. The van der Waals surface area contributed by atoms with Crippen molar-refractivity contribution in [2.75, 3.05) is 25.8 Å². The summed E-state index contributed by atoms with van der Waals surface area (Å²) in [5, 5.41) is 2.89. The van der Waals surface area contributed by atoms with Gasteiger partial charge in [0.25, 0.3) is 0 Å². The van der Waals surface area contributed by atoms with Gasteiger partial charge in [0.2, 0.25) is 6.79 Å². The van der Waals surface area contributed by atoms with Crippen LogP contribution in [0.5, 0.6) is 11.5 Å². The minimum atomic E-state index is -0.464. The fourth-order valence-electron chi connectivity index (χ4n) is 3.95.